The van der Waals surface area contributed by atoms with Crippen molar-refractivity contribution < 1.29 is 4.92 Å². The Balaban J connectivity index is 2.20. The fourth-order valence-electron chi connectivity index (χ4n) is 2.81. The smallest absolute Gasteiger partial charge is 0.315 e. The molecule has 1 aliphatic heterocycles. The molecule has 5 nitrogen and oxygen atoms in total. The first kappa shape index (κ1) is 13.6. The lowest BCUT2D eigenvalue weighted by molar-refractivity contribution is -0.383. The van der Waals surface area contributed by atoms with Crippen molar-refractivity contribution in [1.29, 1.82) is 0 Å². The van der Waals surface area contributed by atoms with Gasteiger partial charge in [0.05, 0.1) is 4.92 Å². The number of benzene rings is 1. The minimum absolute atomic E-state index is 0.0468. The molecule has 0 unspecified atom stereocenters. The van der Waals surface area contributed by atoms with Crippen LogP contribution in [0.3, 0.4) is 0 Å². The van der Waals surface area contributed by atoms with Crippen molar-refractivity contribution in [3.63, 3.8) is 0 Å². The van der Waals surface area contributed by atoms with Gasteiger partial charge in [0, 0.05) is 13.1 Å². The van der Waals surface area contributed by atoms with Gasteiger partial charge in [-0.05, 0) is 36.8 Å². The summed E-state index contributed by atoms with van der Waals surface area (Å²) >= 11 is 0. The maximum atomic E-state index is 11.2. The van der Waals surface area contributed by atoms with Crippen LogP contribution in [0.15, 0.2) is 18.2 Å². The van der Waals surface area contributed by atoms with Crippen LogP contribution < -0.4 is 10.6 Å². The molecule has 1 aromatic rings. The first-order valence-electron chi connectivity index (χ1n) is 6.78. The topological polar surface area (TPSA) is 72.4 Å². The molecule has 1 fully saturated rings. The van der Waals surface area contributed by atoms with E-state index in [-0.39, 0.29) is 16.3 Å². The Morgan fingerprint density at radius 1 is 1.37 bits per heavy atom. The Kier molecular flexibility index (Phi) is 3.93. The van der Waals surface area contributed by atoms with Gasteiger partial charge in [-0.15, -0.1) is 0 Å². The van der Waals surface area contributed by atoms with Crippen molar-refractivity contribution in [2.45, 2.75) is 26.7 Å². The molecule has 0 bridgehead atoms. The summed E-state index contributed by atoms with van der Waals surface area (Å²) in [7, 11) is 0. The zero-order valence-electron chi connectivity index (χ0n) is 11.5. The summed E-state index contributed by atoms with van der Waals surface area (Å²) in [6, 6.07) is 5.17. The van der Waals surface area contributed by atoms with E-state index in [9.17, 15) is 10.1 Å². The number of piperidine rings is 1. The van der Waals surface area contributed by atoms with Crippen LogP contribution in [0.4, 0.5) is 17.1 Å². The third kappa shape index (κ3) is 2.80. The molecule has 2 N–H and O–H groups in total. The summed E-state index contributed by atoms with van der Waals surface area (Å²) in [5, 5.41) is 11.2. The molecule has 1 heterocycles. The summed E-state index contributed by atoms with van der Waals surface area (Å²) in [5.74, 6) is 1.40. The molecule has 19 heavy (non-hydrogen) atoms. The summed E-state index contributed by atoms with van der Waals surface area (Å²) in [6.07, 6.45) is 2.17. The van der Waals surface area contributed by atoms with E-state index in [0.29, 0.717) is 11.6 Å². The molecule has 0 radical (unpaired) electrons. The average molecular weight is 263 g/mol. The highest BCUT2D eigenvalue weighted by Crippen LogP contribution is 2.36. The van der Waals surface area contributed by atoms with E-state index >= 15 is 0 Å². The van der Waals surface area contributed by atoms with Gasteiger partial charge in [-0.25, -0.2) is 0 Å². The Morgan fingerprint density at radius 2 is 2.00 bits per heavy atom. The van der Waals surface area contributed by atoms with Crippen molar-refractivity contribution in [2.75, 3.05) is 23.7 Å². The highest BCUT2D eigenvalue weighted by molar-refractivity contribution is 5.75. The van der Waals surface area contributed by atoms with Gasteiger partial charge in [-0.1, -0.05) is 19.9 Å². The third-order valence-electron chi connectivity index (χ3n) is 4.05. The standard InChI is InChI=1S/C14H21N3O2/c1-10(2)11-6-8-16(9-7-11)13-5-3-4-12(15)14(13)17(18)19/h3-5,10-11H,6-9,15H2,1-2H3. The number of hydrogen-bond acceptors (Lipinski definition) is 4. The number of nitrogens with two attached hydrogens (primary N) is 1. The molecule has 0 aromatic heterocycles. The molecular weight excluding hydrogens is 242 g/mol. The number of hydrogen-bond donors (Lipinski definition) is 1. The molecule has 0 spiro atoms. The molecule has 1 saturated heterocycles. The molecule has 104 valence electrons. The molecule has 1 aromatic carbocycles. The predicted molar refractivity (Wildman–Crippen MR) is 77.3 cm³/mol. The fourth-order valence-corrected chi connectivity index (χ4v) is 2.81. The highest BCUT2D eigenvalue weighted by Gasteiger charge is 2.27. The Morgan fingerprint density at radius 3 is 2.53 bits per heavy atom. The minimum atomic E-state index is -0.376. The van der Waals surface area contributed by atoms with Crippen LogP contribution in [0.1, 0.15) is 26.7 Å². The summed E-state index contributed by atoms with van der Waals surface area (Å²) in [5.41, 5.74) is 6.69. The predicted octanol–water partition coefficient (Wildman–Crippen LogP) is 3.05. The van der Waals surface area contributed by atoms with Crippen molar-refractivity contribution in [2.24, 2.45) is 11.8 Å². The Hall–Kier alpha value is -1.78. The maximum absolute atomic E-state index is 11.2. The van der Waals surface area contributed by atoms with Crippen LogP contribution in [0.5, 0.6) is 0 Å². The van der Waals surface area contributed by atoms with Gasteiger partial charge < -0.3 is 10.6 Å². The quantitative estimate of drug-likeness (QED) is 0.517. The number of anilines is 2. The van der Waals surface area contributed by atoms with Gasteiger partial charge in [0.1, 0.15) is 11.4 Å². The lowest BCUT2D eigenvalue weighted by Gasteiger charge is -2.35. The maximum Gasteiger partial charge on any atom is 0.315 e. The second kappa shape index (κ2) is 5.47. The van der Waals surface area contributed by atoms with E-state index in [4.69, 9.17) is 5.73 Å². The fraction of sp³-hybridized carbons (Fsp3) is 0.571. The van der Waals surface area contributed by atoms with Crippen molar-refractivity contribution in [3.05, 3.63) is 28.3 Å². The second-order valence-electron chi connectivity index (χ2n) is 5.54. The molecule has 5 heteroatoms. The van der Waals surface area contributed by atoms with Gasteiger partial charge in [-0.2, -0.15) is 0 Å². The zero-order chi connectivity index (χ0) is 14.0. The molecule has 0 saturated carbocycles. The van der Waals surface area contributed by atoms with Crippen LogP contribution in [-0.4, -0.2) is 18.0 Å². The van der Waals surface area contributed by atoms with Crippen LogP contribution in [0.2, 0.25) is 0 Å². The number of nitro groups is 1. The number of para-hydroxylation sites is 1. The highest BCUT2D eigenvalue weighted by atomic mass is 16.6. The van der Waals surface area contributed by atoms with E-state index in [1.165, 1.54) is 0 Å². The Bertz CT molecular complexity index is 466. The number of nitrogen functional groups attached to an aromatic ring is 1. The van der Waals surface area contributed by atoms with Gasteiger partial charge in [0.15, 0.2) is 0 Å². The normalized spacial score (nSPS) is 16.9. The lowest BCUT2D eigenvalue weighted by atomic mass is 9.86. The average Bonchev–Trinajstić information content (AvgIpc) is 2.38. The summed E-state index contributed by atoms with van der Waals surface area (Å²) in [6.45, 7) is 6.22. The van der Waals surface area contributed by atoms with E-state index < -0.39 is 0 Å². The molecule has 0 aliphatic carbocycles. The first-order chi connectivity index (χ1) is 9.00. The molecule has 2 rings (SSSR count). The molecule has 1 aliphatic rings. The number of rotatable bonds is 3. The third-order valence-corrected chi connectivity index (χ3v) is 4.05. The van der Waals surface area contributed by atoms with Crippen molar-refractivity contribution >= 4 is 17.1 Å². The van der Waals surface area contributed by atoms with Crippen molar-refractivity contribution in [3.8, 4) is 0 Å². The SMILES string of the molecule is CC(C)C1CCN(c2cccc(N)c2[N+](=O)[O-])CC1. The lowest BCUT2D eigenvalue weighted by Crippen LogP contribution is -2.35. The largest absolute Gasteiger partial charge is 0.393 e. The monoisotopic (exact) mass is 263 g/mol. The van der Waals surface area contributed by atoms with Crippen LogP contribution in [-0.2, 0) is 0 Å². The first-order valence-corrected chi connectivity index (χ1v) is 6.78. The van der Waals surface area contributed by atoms with Gasteiger partial charge in [0.25, 0.3) is 0 Å². The van der Waals surface area contributed by atoms with Gasteiger partial charge in [0.2, 0.25) is 0 Å². The summed E-state index contributed by atoms with van der Waals surface area (Å²) in [4.78, 5) is 12.9. The van der Waals surface area contributed by atoms with Crippen LogP contribution in [0, 0.1) is 22.0 Å². The molecule has 0 atom stereocenters. The second-order valence-corrected chi connectivity index (χ2v) is 5.54. The minimum Gasteiger partial charge on any atom is -0.393 e. The van der Waals surface area contributed by atoms with Gasteiger partial charge in [-0.3, -0.25) is 10.1 Å². The van der Waals surface area contributed by atoms with Gasteiger partial charge >= 0.3 is 5.69 Å². The van der Waals surface area contributed by atoms with E-state index in [2.05, 4.69) is 18.7 Å². The Labute approximate surface area is 113 Å². The van der Waals surface area contributed by atoms with E-state index in [1.807, 2.05) is 0 Å². The summed E-state index contributed by atoms with van der Waals surface area (Å²) < 4.78 is 0. The zero-order valence-corrected chi connectivity index (χ0v) is 11.5. The molecule has 0 amide bonds. The van der Waals surface area contributed by atoms with Crippen LogP contribution >= 0.6 is 0 Å². The molecular formula is C14H21N3O2. The van der Waals surface area contributed by atoms with Crippen molar-refractivity contribution in [1.82, 2.24) is 0 Å². The number of nitro benzene ring substituents is 1. The van der Waals surface area contributed by atoms with E-state index in [1.54, 1.807) is 18.2 Å². The number of nitrogens with zero attached hydrogens (tertiary/aromatic N) is 2. The van der Waals surface area contributed by atoms with Crippen LogP contribution in [0.25, 0.3) is 0 Å². The van der Waals surface area contributed by atoms with E-state index in [0.717, 1.165) is 31.8 Å².